The Kier molecular flexibility index (Phi) is 5.52. The van der Waals surface area contributed by atoms with Crippen LogP contribution in [0.2, 0.25) is 0 Å². The first-order chi connectivity index (χ1) is 11.0. The number of rotatable bonds is 6. The molecule has 0 heterocycles. The second kappa shape index (κ2) is 7.58. The van der Waals surface area contributed by atoms with Crippen LogP contribution in [0, 0.1) is 5.92 Å². The highest BCUT2D eigenvalue weighted by Crippen LogP contribution is 2.14. The van der Waals surface area contributed by atoms with Crippen LogP contribution < -0.4 is 11.1 Å². The first kappa shape index (κ1) is 16.7. The van der Waals surface area contributed by atoms with Crippen LogP contribution in [0.15, 0.2) is 54.6 Å². The van der Waals surface area contributed by atoms with Gasteiger partial charge in [0.25, 0.3) is 5.91 Å². The first-order valence-corrected chi connectivity index (χ1v) is 7.71. The molecule has 2 aromatic carbocycles. The van der Waals surface area contributed by atoms with Crippen molar-refractivity contribution in [2.75, 3.05) is 0 Å². The highest BCUT2D eigenvalue weighted by molar-refractivity contribution is 5.97. The molecule has 2 aromatic rings. The molecule has 2 amide bonds. The molecule has 120 valence electrons. The molecule has 3 N–H and O–H groups in total. The SMILES string of the molecule is CC(C)Cc1ccc(C(=O)N[C@H](C(N)=O)c2ccccc2)cc1. The molecule has 0 radical (unpaired) electrons. The topological polar surface area (TPSA) is 72.2 Å². The average Bonchev–Trinajstić information content (AvgIpc) is 2.53. The predicted molar refractivity (Wildman–Crippen MR) is 90.8 cm³/mol. The normalized spacial score (nSPS) is 12.0. The maximum atomic E-state index is 12.3. The van der Waals surface area contributed by atoms with Crippen molar-refractivity contribution in [1.82, 2.24) is 5.32 Å². The van der Waals surface area contributed by atoms with Crippen molar-refractivity contribution in [2.24, 2.45) is 11.7 Å². The van der Waals surface area contributed by atoms with Gasteiger partial charge >= 0.3 is 0 Å². The summed E-state index contributed by atoms with van der Waals surface area (Å²) in [6.07, 6.45) is 0.968. The van der Waals surface area contributed by atoms with Crippen LogP contribution in [-0.4, -0.2) is 11.8 Å². The monoisotopic (exact) mass is 310 g/mol. The van der Waals surface area contributed by atoms with E-state index < -0.39 is 11.9 Å². The Hall–Kier alpha value is -2.62. The Morgan fingerprint density at radius 1 is 1.00 bits per heavy atom. The van der Waals surface area contributed by atoms with E-state index in [1.54, 1.807) is 36.4 Å². The summed E-state index contributed by atoms with van der Waals surface area (Å²) in [6, 6.07) is 15.6. The van der Waals surface area contributed by atoms with Crippen molar-refractivity contribution in [3.63, 3.8) is 0 Å². The van der Waals surface area contributed by atoms with Crippen LogP contribution in [0.25, 0.3) is 0 Å². The van der Waals surface area contributed by atoms with E-state index in [0.717, 1.165) is 6.42 Å². The molecule has 4 heteroatoms. The largest absolute Gasteiger partial charge is 0.368 e. The van der Waals surface area contributed by atoms with Crippen LogP contribution in [-0.2, 0) is 11.2 Å². The zero-order valence-corrected chi connectivity index (χ0v) is 13.5. The molecular weight excluding hydrogens is 288 g/mol. The second-order valence-corrected chi connectivity index (χ2v) is 6.01. The molecule has 23 heavy (non-hydrogen) atoms. The smallest absolute Gasteiger partial charge is 0.252 e. The van der Waals surface area contributed by atoms with Gasteiger partial charge in [-0.2, -0.15) is 0 Å². The molecule has 4 nitrogen and oxygen atoms in total. The molecule has 0 unspecified atom stereocenters. The number of hydrogen-bond donors (Lipinski definition) is 2. The van der Waals surface area contributed by atoms with Crippen molar-refractivity contribution in [3.05, 3.63) is 71.3 Å². The molecule has 0 aromatic heterocycles. The molecule has 0 fully saturated rings. The lowest BCUT2D eigenvalue weighted by Crippen LogP contribution is -2.37. The number of benzene rings is 2. The van der Waals surface area contributed by atoms with Crippen molar-refractivity contribution in [1.29, 1.82) is 0 Å². The third-order valence-corrected chi connectivity index (χ3v) is 3.55. The Balaban J connectivity index is 2.11. The standard InChI is InChI=1S/C19H22N2O2/c1-13(2)12-14-8-10-16(11-9-14)19(23)21-17(18(20)22)15-6-4-3-5-7-15/h3-11,13,17H,12H2,1-2H3,(H2,20,22)(H,21,23)/t17-/m0/s1. The fourth-order valence-electron chi connectivity index (χ4n) is 2.44. The van der Waals surface area contributed by atoms with E-state index >= 15 is 0 Å². The van der Waals surface area contributed by atoms with Crippen molar-refractivity contribution < 1.29 is 9.59 Å². The van der Waals surface area contributed by atoms with Crippen molar-refractivity contribution in [3.8, 4) is 0 Å². The maximum Gasteiger partial charge on any atom is 0.252 e. The van der Waals surface area contributed by atoms with Crippen LogP contribution >= 0.6 is 0 Å². The number of hydrogen-bond acceptors (Lipinski definition) is 2. The summed E-state index contributed by atoms with van der Waals surface area (Å²) in [6.45, 7) is 4.30. The van der Waals surface area contributed by atoms with Gasteiger partial charge in [-0.25, -0.2) is 0 Å². The van der Waals surface area contributed by atoms with Gasteiger partial charge in [-0.1, -0.05) is 56.3 Å². The molecule has 1 atom stereocenters. The van der Waals surface area contributed by atoms with E-state index in [9.17, 15) is 9.59 Å². The van der Waals surface area contributed by atoms with Crippen LogP contribution in [0.3, 0.4) is 0 Å². The van der Waals surface area contributed by atoms with E-state index in [-0.39, 0.29) is 5.91 Å². The van der Waals surface area contributed by atoms with E-state index in [4.69, 9.17) is 5.73 Å². The third-order valence-electron chi connectivity index (χ3n) is 3.55. The highest BCUT2D eigenvalue weighted by Gasteiger charge is 2.20. The highest BCUT2D eigenvalue weighted by atomic mass is 16.2. The number of carbonyl (C=O) groups is 2. The summed E-state index contributed by atoms with van der Waals surface area (Å²) in [7, 11) is 0. The summed E-state index contributed by atoms with van der Waals surface area (Å²) in [4.78, 5) is 24.0. The Labute approximate surface area is 136 Å². The number of nitrogens with two attached hydrogens (primary N) is 1. The number of nitrogens with one attached hydrogen (secondary N) is 1. The van der Waals surface area contributed by atoms with Crippen LogP contribution in [0.1, 0.15) is 41.4 Å². The lowest BCUT2D eigenvalue weighted by atomic mass is 10.0. The molecule has 2 rings (SSSR count). The zero-order valence-electron chi connectivity index (χ0n) is 13.5. The summed E-state index contributed by atoms with van der Waals surface area (Å²) < 4.78 is 0. The summed E-state index contributed by atoms with van der Waals surface area (Å²) >= 11 is 0. The average molecular weight is 310 g/mol. The van der Waals surface area contributed by atoms with Gasteiger partial charge in [0.05, 0.1) is 0 Å². The fourth-order valence-corrected chi connectivity index (χ4v) is 2.44. The van der Waals surface area contributed by atoms with Gasteiger partial charge in [-0.15, -0.1) is 0 Å². The van der Waals surface area contributed by atoms with Crippen molar-refractivity contribution >= 4 is 11.8 Å². The number of amides is 2. The zero-order chi connectivity index (χ0) is 16.8. The summed E-state index contributed by atoms with van der Waals surface area (Å²) in [5, 5.41) is 2.70. The third kappa shape index (κ3) is 4.68. The lowest BCUT2D eigenvalue weighted by Gasteiger charge is -2.16. The number of primary amides is 1. The molecule has 0 spiro atoms. The first-order valence-electron chi connectivity index (χ1n) is 7.71. The second-order valence-electron chi connectivity index (χ2n) is 6.01. The number of carbonyl (C=O) groups excluding carboxylic acids is 2. The van der Waals surface area contributed by atoms with Gasteiger partial charge in [0.2, 0.25) is 5.91 Å². The van der Waals surface area contributed by atoms with Crippen LogP contribution in [0.5, 0.6) is 0 Å². The van der Waals surface area contributed by atoms with E-state index in [1.165, 1.54) is 5.56 Å². The maximum absolute atomic E-state index is 12.3. The Bertz CT molecular complexity index is 664. The quantitative estimate of drug-likeness (QED) is 0.861. The minimum absolute atomic E-state index is 0.311. The van der Waals surface area contributed by atoms with Gasteiger partial charge in [0, 0.05) is 5.56 Å². The van der Waals surface area contributed by atoms with Crippen molar-refractivity contribution in [2.45, 2.75) is 26.3 Å². The summed E-state index contributed by atoms with van der Waals surface area (Å²) in [5.74, 6) is -0.332. The van der Waals surface area contributed by atoms with E-state index in [2.05, 4.69) is 19.2 Å². The van der Waals surface area contributed by atoms with Crippen LogP contribution in [0.4, 0.5) is 0 Å². The fraction of sp³-hybridized carbons (Fsp3) is 0.263. The minimum atomic E-state index is -0.834. The lowest BCUT2D eigenvalue weighted by molar-refractivity contribution is -0.120. The molecule has 0 aliphatic heterocycles. The summed E-state index contributed by atoms with van der Waals surface area (Å²) in [5.41, 5.74) is 7.79. The Morgan fingerprint density at radius 2 is 1.61 bits per heavy atom. The van der Waals surface area contributed by atoms with Gasteiger partial charge in [-0.05, 0) is 35.6 Å². The molecule has 0 aliphatic carbocycles. The van der Waals surface area contributed by atoms with E-state index in [0.29, 0.717) is 17.0 Å². The van der Waals surface area contributed by atoms with E-state index in [1.807, 2.05) is 18.2 Å². The molecule has 0 saturated carbocycles. The van der Waals surface area contributed by atoms with Gasteiger partial charge in [0.1, 0.15) is 6.04 Å². The van der Waals surface area contributed by atoms with Gasteiger partial charge in [0.15, 0.2) is 0 Å². The Morgan fingerprint density at radius 3 is 2.13 bits per heavy atom. The molecule has 0 bridgehead atoms. The predicted octanol–water partition coefficient (Wildman–Crippen LogP) is 2.84. The molecule has 0 aliphatic rings. The molecular formula is C19H22N2O2. The minimum Gasteiger partial charge on any atom is -0.368 e. The molecule has 0 saturated heterocycles. The van der Waals surface area contributed by atoms with Gasteiger partial charge < -0.3 is 11.1 Å². The van der Waals surface area contributed by atoms with Gasteiger partial charge in [-0.3, -0.25) is 9.59 Å².